The molecule has 7 rings (SSSR count). The number of benzene rings is 4. The highest BCUT2D eigenvalue weighted by Crippen LogP contribution is 2.47. The predicted octanol–water partition coefficient (Wildman–Crippen LogP) is 7.16. The van der Waals surface area contributed by atoms with E-state index in [1.54, 1.807) is 0 Å². The van der Waals surface area contributed by atoms with Gasteiger partial charge in [0.05, 0.1) is 6.04 Å². The Bertz CT molecular complexity index is 1750. The van der Waals surface area contributed by atoms with Gasteiger partial charge in [0.1, 0.15) is 18.2 Å². The van der Waals surface area contributed by atoms with Crippen LogP contribution in [0.15, 0.2) is 167 Å². The van der Waals surface area contributed by atoms with E-state index >= 15 is 0 Å². The Morgan fingerprint density at radius 2 is 1.51 bits per heavy atom. The van der Waals surface area contributed by atoms with Crippen LogP contribution in [0.3, 0.4) is 0 Å². The fourth-order valence-electron chi connectivity index (χ4n) is 6.06. The fourth-order valence-corrected chi connectivity index (χ4v) is 6.06. The Kier molecular flexibility index (Phi) is 7.28. The van der Waals surface area contributed by atoms with Gasteiger partial charge in [0.15, 0.2) is 0 Å². The minimum atomic E-state index is -0.338. The number of nitrogens with zero attached hydrogens (tertiary/aromatic N) is 3. The van der Waals surface area contributed by atoms with Crippen LogP contribution in [-0.2, 0) is 0 Å². The fraction of sp³-hybridized carbons (Fsp3) is 0.105. The van der Waals surface area contributed by atoms with Crippen molar-refractivity contribution in [3.8, 4) is 0 Å². The molecule has 4 atom stereocenters. The highest BCUT2D eigenvalue weighted by molar-refractivity contribution is 5.97. The molecule has 210 valence electrons. The van der Waals surface area contributed by atoms with E-state index in [2.05, 4.69) is 107 Å². The molecular formula is C38H33N5. The largest absolute Gasteiger partial charge is 0.383 e. The Balaban J connectivity index is 1.14. The first-order chi connectivity index (χ1) is 21.2. The third-order valence-electron chi connectivity index (χ3n) is 8.19. The highest BCUT2D eigenvalue weighted by atomic mass is 15.3. The molecular weight excluding hydrogens is 526 g/mol. The van der Waals surface area contributed by atoms with Gasteiger partial charge in [0, 0.05) is 35.2 Å². The number of nitrogens with one attached hydrogen (secondary N) is 1. The molecule has 2 aliphatic heterocycles. The van der Waals surface area contributed by atoms with Crippen molar-refractivity contribution in [1.29, 1.82) is 0 Å². The Hall–Kier alpha value is -5.42. The summed E-state index contributed by atoms with van der Waals surface area (Å²) >= 11 is 0. The second kappa shape index (κ2) is 11.8. The summed E-state index contributed by atoms with van der Waals surface area (Å²) in [6, 6.07) is 39.5. The molecule has 1 aliphatic carbocycles. The minimum Gasteiger partial charge on any atom is -0.383 e. The van der Waals surface area contributed by atoms with Crippen LogP contribution < -0.4 is 16.0 Å². The number of dihydropyridines is 1. The number of hydrogen-bond acceptors (Lipinski definition) is 4. The molecule has 4 unspecified atom stereocenters. The normalized spacial score (nSPS) is 22.2. The van der Waals surface area contributed by atoms with Crippen molar-refractivity contribution in [2.75, 3.05) is 4.90 Å². The smallest absolute Gasteiger partial charge is 0.146 e. The number of allylic oxidation sites excluding steroid dienone is 4. The van der Waals surface area contributed by atoms with Gasteiger partial charge >= 0.3 is 0 Å². The summed E-state index contributed by atoms with van der Waals surface area (Å²) in [6.07, 6.45) is 14.8. The number of rotatable bonds is 7. The zero-order valence-corrected chi connectivity index (χ0v) is 23.7. The Labute approximate surface area is 252 Å². The third kappa shape index (κ3) is 5.45. The van der Waals surface area contributed by atoms with Gasteiger partial charge in [0.2, 0.25) is 0 Å². The summed E-state index contributed by atoms with van der Waals surface area (Å²) < 4.78 is 0. The second-order valence-electron chi connectivity index (χ2n) is 10.9. The van der Waals surface area contributed by atoms with Crippen molar-refractivity contribution in [3.05, 3.63) is 180 Å². The molecule has 3 N–H and O–H groups in total. The summed E-state index contributed by atoms with van der Waals surface area (Å²) in [5, 5.41) is 3.47. The molecule has 0 spiro atoms. The quantitative estimate of drug-likeness (QED) is 0.187. The van der Waals surface area contributed by atoms with Crippen molar-refractivity contribution in [3.63, 3.8) is 0 Å². The number of nitrogens with two attached hydrogens (primary N) is 1. The number of hydrogen-bond donors (Lipinski definition) is 2. The molecule has 0 fully saturated rings. The zero-order valence-electron chi connectivity index (χ0n) is 23.7. The van der Waals surface area contributed by atoms with Gasteiger partial charge in [-0.15, -0.1) is 0 Å². The van der Waals surface area contributed by atoms with Crippen LogP contribution >= 0.6 is 0 Å². The molecule has 5 nitrogen and oxygen atoms in total. The van der Waals surface area contributed by atoms with E-state index in [0.29, 0.717) is 11.8 Å². The Morgan fingerprint density at radius 1 is 0.814 bits per heavy atom. The standard InChI is InChI=1S/C38H33N5/c39-37(29-14-6-2-7-15-29)42-38(30-16-8-3-9-17-30)41-26-27-20-23-36(40-25-27)43-34-19-11-10-18-32(34)33-22-21-31(24-35(33)43)28-12-4-1-5-13-28/h1-26,33,35-36,38,41H,(H2,39,42). The van der Waals surface area contributed by atoms with Crippen molar-refractivity contribution in [1.82, 2.24) is 5.32 Å². The van der Waals surface area contributed by atoms with E-state index < -0.39 is 0 Å². The maximum atomic E-state index is 6.40. The topological polar surface area (TPSA) is 66.0 Å². The number of fused-ring (bicyclic) bond motifs is 3. The Morgan fingerprint density at radius 3 is 2.26 bits per heavy atom. The van der Waals surface area contributed by atoms with Crippen LogP contribution in [0.4, 0.5) is 5.69 Å². The van der Waals surface area contributed by atoms with Gasteiger partial charge in [-0.1, -0.05) is 133 Å². The van der Waals surface area contributed by atoms with Gasteiger partial charge in [-0.3, -0.25) is 4.99 Å². The summed E-state index contributed by atoms with van der Waals surface area (Å²) in [5.74, 6) is 0.783. The molecule has 5 heteroatoms. The third-order valence-corrected chi connectivity index (χ3v) is 8.19. The van der Waals surface area contributed by atoms with Crippen LogP contribution in [0.2, 0.25) is 0 Å². The minimum absolute atomic E-state index is 0.107. The van der Waals surface area contributed by atoms with Gasteiger partial charge in [0.25, 0.3) is 0 Å². The maximum Gasteiger partial charge on any atom is 0.146 e. The summed E-state index contributed by atoms with van der Waals surface area (Å²) in [7, 11) is 0. The van der Waals surface area contributed by atoms with Gasteiger partial charge in [-0.2, -0.15) is 0 Å². The van der Waals surface area contributed by atoms with Crippen LogP contribution in [0, 0.1) is 0 Å². The first kappa shape index (κ1) is 26.5. The first-order valence-corrected chi connectivity index (χ1v) is 14.7. The van der Waals surface area contributed by atoms with E-state index in [4.69, 9.17) is 15.7 Å². The monoisotopic (exact) mass is 559 g/mol. The highest BCUT2D eigenvalue weighted by Gasteiger charge is 2.40. The maximum absolute atomic E-state index is 6.40. The van der Waals surface area contributed by atoms with Gasteiger partial charge in [-0.05, 0) is 34.4 Å². The molecule has 4 aromatic carbocycles. The second-order valence-corrected chi connectivity index (χ2v) is 10.9. The SMILES string of the molecule is NC(=NC(NC=C1C=CC(N2c3ccccc3C3C=CC(c4ccccc4)=CC32)N=C1)c1ccccc1)c1ccccc1. The molecule has 0 bridgehead atoms. The van der Waals surface area contributed by atoms with E-state index in [1.165, 1.54) is 22.4 Å². The lowest BCUT2D eigenvalue weighted by Gasteiger charge is -2.34. The van der Waals surface area contributed by atoms with Gasteiger partial charge in [-0.25, -0.2) is 4.99 Å². The average Bonchev–Trinajstić information content (AvgIpc) is 3.41. The lowest BCUT2D eigenvalue weighted by atomic mass is 9.87. The van der Waals surface area contributed by atoms with Gasteiger partial charge < -0.3 is 16.0 Å². The first-order valence-electron chi connectivity index (χ1n) is 14.7. The van der Waals surface area contributed by atoms with E-state index in [1.807, 2.05) is 60.9 Å². The zero-order chi connectivity index (χ0) is 29.0. The summed E-state index contributed by atoms with van der Waals surface area (Å²) in [4.78, 5) is 12.3. The van der Waals surface area contributed by atoms with Crippen molar-refractivity contribution < 1.29 is 0 Å². The summed E-state index contributed by atoms with van der Waals surface area (Å²) in [6.45, 7) is 0. The van der Waals surface area contributed by atoms with E-state index in [9.17, 15) is 0 Å². The number of amidine groups is 1. The molecule has 0 amide bonds. The van der Waals surface area contributed by atoms with Crippen LogP contribution in [0.1, 0.15) is 34.3 Å². The van der Waals surface area contributed by atoms with Crippen molar-refractivity contribution in [2.45, 2.75) is 24.3 Å². The van der Waals surface area contributed by atoms with E-state index in [0.717, 1.165) is 16.7 Å². The molecule has 3 aliphatic rings. The van der Waals surface area contributed by atoms with Crippen LogP contribution in [0.5, 0.6) is 0 Å². The number of para-hydroxylation sites is 1. The molecule has 2 heterocycles. The predicted molar refractivity (Wildman–Crippen MR) is 178 cm³/mol. The number of aliphatic imine (C=N–C) groups is 2. The van der Waals surface area contributed by atoms with Crippen LogP contribution in [-0.4, -0.2) is 24.3 Å². The average molecular weight is 560 g/mol. The molecule has 0 saturated heterocycles. The van der Waals surface area contributed by atoms with Crippen molar-refractivity contribution in [2.24, 2.45) is 15.7 Å². The van der Waals surface area contributed by atoms with E-state index in [-0.39, 0.29) is 18.4 Å². The molecule has 0 radical (unpaired) electrons. The molecule has 0 aromatic heterocycles. The summed E-state index contributed by atoms with van der Waals surface area (Å²) in [5.41, 5.74) is 14.4. The lowest BCUT2D eigenvalue weighted by molar-refractivity contribution is 0.627. The lowest BCUT2D eigenvalue weighted by Crippen LogP contribution is -2.40. The van der Waals surface area contributed by atoms with Crippen molar-refractivity contribution >= 4 is 23.3 Å². The molecule has 43 heavy (non-hydrogen) atoms. The number of anilines is 1. The molecule has 4 aromatic rings. The van der Waals surface area contributed by atoms with Crippen LogP contribution in [0.25, 0.3) is 5.57 Å². The molecule has 0 saturated carbocycles.